The predicted molar refractivity (Wildman–Crippen MR) is 84.8 cm³/mol. The highest BCUT2D eigenvalue weighted by Crippen LogP contribution is 2.18. The lowest BCUT2D eigenvalue weighted by Crippen LogP contribution is -2.26. The van der Waals surface area contributed by atoms with Gasteiger partial charge in [0, 0.05) is 17.1 Å². The van der Waals surface area contributed by atoms with E-state index in [9.17, 15) is 4.79 Å². The Balaban J connectivity index is 1.73. The van der Waals surface area contributed by atoms with Crippen LogP contribution in [0.25, 0.3) is 0 Å². The minimum absolute atomic E-state index is 0.0606. The third-order valence-corrected chi connectivity index (χ3v) is 4.03. The maximum atomic E-state index is 11.9. The van der Waals surface area contributed by atoms with E-state index in [4.69, 9.17) is 0 Å². The van der Waals surface area contributed by atoms with Crippen LogP contribution in [0.15, 0.2) is 65.6 Å². The second-order valence-corrected chi connectivity index (χ2v) is 5.78. The standard InChI is InChI=1S/C17H19NOS/c1-14(15-8-4-2-5-9-15)18-17(19)12-13-20-16-10-6-3-7-11-16/h2-11,14H,12-13H2,1H3,(H,18,19). The van der Waals surface area contributed by atoms with Crippen LogP contribution in [0.3, 0.4) is 0 Å². The van der Waals surface area contributed by atoms with Crippen LogP contribution < -0.4 is 5.32 Å². The number of nitrogens with one attached hydrogen (secondary N) is 1. The highest BCUT2D eigenvalue weighted by molar-refractivity contribution is 7.99. The van der Waals surface area contributed by atoms with Crippen LogP contribution in [0.2, 0.25) is 0 Å². The smallest absolute Gasteiger partial charge is 0.221 e. The number of carbonyl (C=O) groups is 1. The Kier molecular flexibility index (Phi) is 5.69. The van der Waals surface area contributed by atoms with E-state index in [0.29, 0.717) is 6.42 Å². The van der Waals surface area contributed by atoms with E-state index in [-0.39, 0.29) is 11.9 Å². The molecule has 3 heteroatoms. The molecule has 0 radical (unpaired) electrons. The van der Waals surface area contributed by atoms with Crippen molar-refractivity contribution in [1.82, 2.24) is 5.32 Å². The van der Waals surface area contributed by atoms with E-state index in [2.05, 4.69) is 17.4 Å². The summed E-state index contributed by atoms with van der Waals surface area (Å²) >= 11 is 1.71. The Morgan fingerprint density at radius 1 is 1.05 bits per heavy atom. The highest BCUT2D eigenvalue weighted by atomic mass is 32.2. The molecule has 0 bridgehead atoms. The van der Waals surface area contributed by atoms with E-state index in [1.165, 1.54) is 4.90 Å². The largest absolute Gasteiger partial charge is 0.350 e. The first-order chi connectivity index (χ1) is 9.75. The van der Waals surface area contributed by atoms with Gasteiger partial charge in [0.1, 0.15) is 0 Å². The summed E-state index contributed by atoms with van der Waals surface area (Å²) in [5, 5.41) is 3.03. The fraction of sp³-hybridized carbons (Fsp3) is 0.235. The zero-order valence-electron chi connectivity index (χ0n) is 11.6. The molecular formula is C17H19NOS. The van der Waals surface area contributed by atoms with E-state index < -0.39 is 0 Å². The SMILES string of the molecule is CC(NC(=O)CCSc1ccccc1)c1ccccc1. The minimum Gasteiger partial charge on any atom is -0.350 e. The zero-order chi connectivity index (χ0) is 14.2. The van der Waals surface area contributed by atoms with Crippen LogP contribution in [0.4, 0.5) is 0 Å². The second kappa shape index (κ2) is 7.75. The molecule has 2 aromatic carbocycles. The Bertz CT molecular complexity index is 527. The van der Waals surface area contributed by atoms with Gasteiger partial charge in [-0.2, -0.15) is 0 Å². The monoisotopic (exact) mass is 285 g/mol. The van der Waals surface area contributed by atoms with E-state index >= 15 is 0 Å². The summed E-state index contributed by atoms with van der Waals surface area (Å²) in [5.74, 6) is 0.905. The third-order valence-electron chi connectivity index (χ3n) is 3.02. The summed E-state index contributed by atoms with van der Waals surface area (Å²) < 4.78 is 0. The molecule has 20 heavy (non-hydrogen) atoms. The quantitative estimate of drug-likeness (QED) is 0.811. The molecule has 0 heterocycles. The van der Waals surface area contributed by atoms with Crippen LogP contribution in [0.5, 0.6) is 0 Å². The van der Waals surface area contributed by atoms with Crippen molar-refractivity contribution < 1.29 is 4.79 Å². The fourth-order valence-electron chi connectivity index (χ4n) is 1.92. The molecule has 0 aliphatic heterocycles. The summed E-state index contributed by atoms with van der Waals surface area (Å²) in [6.45, 7) is 2.01. The first kappa shape index (κ1) is 14.7. The van der Waals surface area contributed by atoms with Crippen LogP contribution in [-0.2, 0) is 4.79 Å². The number of thioether (sulfide) groups is 1. The topological polar surface area (TPSA) is 29.1 Å². The van der Waals surface area contributed by atoms with Crippen molar-refractivity contribution >= 4 is 17.7 Å². The van der Waals surface area contributed by atoms with E-state index in [1.807, 2.05) is 55.5 Å². The number of carbonyl (C=O) groups excluding carboxylic acids is 1. The molecule has 0 aliphatic rings. The average molecular weight is 285 g/mol. The number of hydrogen-bond acceptors (Lipinski definition) is 2. The van der Waals surface area contributed by atoms with E-state index in [1.54, 1.807) is 11.8 Å². The number of rotatable bonds is 6. The predicted octanol–water partition coefficient (Wildman–Crippen LogP) is 4.05. The molecule has 1 atom stereocenters. The molecule has 0 aliphatic carbocycles. The molecule has 1 N–H and O–H groups in total. The van der Waals surface area contributed by atoms with Gasteiger partial charge in [-0.25, -0.2) is 0 Å². The van der Waals surface area contributed by atoms with Gasteiger partial charge in [-0.1, -0.05) is 48.5 Å². The van der Waals surface area contributed by atoms with Crippen LogP contribution in [0, 0.1) is 0 Å². The number of amides is 1. The Hall–Kier alpha value is -1.74. The van der Waals surface area contributed by atoms with Crippen molar-refractivity contribution in [2.75, 3.05) is 5.75 Å². The van der Waals surface area contributed by atoms with Gasteiger partial charge in [0.15, 0.2) is 0 Å². The first-order valence-electron chi connectivity index (χ1n) is 6.78. The van der Waals surface area contributed by atoms with Gasteiger partial charge in [0.05, 0.1) is 6.04 Å². The molecule has 2 rings (SSSR count). The molecule has 2 nitrogen and oxygen atoms in total. The lowest BCUT2D eigenvalue weighted by Gasteiger charge is -2.14. The minimum atomic E-state index is 0.0606. The van der Waals surface area contributed by atoms with Crippen molar-refractivity contribution in [2.24, 2.45) is 0 Å². The number of hydrogen-bond donors (Lipinski definition) is 1. The van der Waals surface area contributed by atoms with Crippen LogP contribution >= 0.6 is 11.8 Å². The lowest BCUT2D eigenvalue weighted by atomic mass is 10.1. The summed E-state index contributed by atoms with van der Waals surface area (Å²) in [5.41, 5.74) is 1.14. The second-order valence-electron chi connectivity index (χ2n) is 4.61. The van der Waals surface area contributed by atoms with Gasteiger partial charge in [0.2, 0.25) is 5.91 Å². The average Bonchev–Trinajstić information content (AvgIpc) is 2.49. The van der Waals surface area contributed by atoms with Gasteiger partial charge < -0.3 is 5.32 Å². The summed E-state index contributed by atoms with van der Waals surface area (Å²) in [7, 11) is 0. The normalized spacial score (nSPS) is 11.8. The highest BCUT2D eigenvalue weighted by Gasteiger charge is 2.08. The molecule has 2 aromatic rings. The van der Waals surface area contributed by atoms with E-state index in [0.717, 1.165) is 11.3 Å². The van der Waals surface area contributed by atoms with Crippen molar-refractivity contribution in [3.8, 4) is 0 Å². The van der Waals surface area contributed by atoms with Gasteiger partial charge >= 0.3 is 0 Å². The molecule has 1 amide bonds. The van der Waals surface area contributed by atoms with Crippen LogP contribution in [0.1, 0.15) is 24.9 Å². The van der Waals surface area contributed by atoms with Gasteiger partial charge in [0.25, 0.3) is 0 Å². The van der Waals surface area contributed by atoms with Crippen molar-refractivity contribution in [3.63, 3.8) is 0 Å². The Morgan fingerprint density at radius 2 is 1.65 bits per heavy atom. The molecule has 104 valence electrons. The summed E-state index contributed by atoms with van der Waals surface area (Å²) in [6.07, 6.45) is 0.538. The van der Waals surface area contributed by atoms with Crippen LogP contribution in [-0.4, -0.2) is 11.7 Å². The van der Waals surface area contributed by atoms with Gasteiger partial charge in [-0.3, -0.25) is 4.79 Å². The van der Waals surface area contributed by atoms with Crippen molar-refractivity contribution in [2.45, 2.75) is 24.3 Å². The number of benzene rings is 2. The lowest BCUT2D eigenvalue weighted by molar-refractivity contribution is -0.121. The molecule has 0 spiro atoms. The molecule has 0 fully saturated rings. The molecule has 0 aromatic heterocycles. The zero-order valence-corrected chi connectivity index (χ0v) is 12.4. The maximum absolute atomic E-state index is 11.9. The molecule has 0 saturated carbocycles. The third kappa shape index (κ3) is 4.74. The summed E-state index contributed by atoms with van der Waals surface area (Å²) in [4.78, 5) is 13.1. The maximum Gasteiger partial charge on any atom is 0.221 e. The molecule has 0 saturated heterocycles. The Morgan fingerprint density at radius 3 is 2.30 bits per heavy atom. The summed E-state index contributed by atoms with van der Waals surface area (Å²) in [6, 6.07) is 20.2. The van der Waals surface area contributed by atoms with Crippen molar-refractivity contribution in [3.05, 3.63) is 66.2 Å². The first-order valence-corrected chi connectivity index (χ1v) is 7.76. The fourth-order valence-corrected chi connectivity index (χ4v) is 2.79. The Labute approximate surface area is 124 Å². The molecular weight excluding hydrogens is 266 g/mol. The van der Waals surface area contributed by atoms with Crippen molar-refractivity contribution in [1.29, 1.82) is 0 Å². The van der Waals surface area contributed by atoms with Gasteiger partial charge in [-0.15, -0.1) is 11.8 Å². The molecule has 1 unspecified atom stereocenters. The van der Waals surface area contributed by atoms with Gasteiger partial charge in [-0.05, 0) is 24.6 Å².